The van der Waals surface area contributed by atoms with Gasteiger partial charge in [0.05, 0.1) is 6.61 Å². The Bertz CT molecular complexity index is 387. The summed E-state index contributed by atoms with van der Waals surface area (Å²) in [5.74, 6) is 0. The normalized spacial score (nSPS) is 11.0. The van der Waals surface area contributed by atoms with Crippen molar-refractivity contribution in [3.8, 4) is 0 Å². The molecule has 114 valence electrons. The Balaban J connectivity index is 2.39. The van der Waals surface area contributed by atoms with Crippen LogP contribution in [0.15, 0.2) is 12.4 Å². The topological polar surface area (TPSA) is 13.1 Å². The number of nitrogens with zero attached hydrogens (tertiary/aromatic N) is 1. The molecular formula is C18H32NO+. The first kappa shape index (κ1) is 17.2. The van der Waals surface area contributed by atoms with Crippen LogP contribution in [0.3, 0.4) is 0 Å². The molecule has 0 N–H and O–H groups in total. The Kier molecular flexibility index (Phi) is 8.52. The third-order valence-electron chi connectivity index (χ3n) is 3.91. The van der Waals surface area contributed by atoms with Crippen molar-refractivity contribution in [2.45, 2.75) is 79.4 Å². The second kappa shape index (κ2) is 9.93. The van der Waals surface area contributed by atoms with Crippen LogP contribution in [0.2, 0.25) is 0 Å². The van der Waals surface area contributed by atoms with E-state index in [4.69, 9.17) is 4.74 Å². The molecule has 20 heavy (non-hydrogen) atoms. The fourth-order valence-corrected chi connectivity index (χ4v) is 2.76. The number of pyridine rings is 1. The van der Waals surface area contributed by atoms with E-state index in [0.29, 0.717) is 6.73 Å². The Hall–Kier alpha value is -0.890. The van der Waals surface area contributed by atoms with E-state index in [9.17, 15) is 0 Å². The van der Waals surface area contributed by atoms with Crippen LogP contribution in [-0.4, -0.2) is 6.61 Å². The highest BCUT2D eigenvalue weighted by atomic mass is 16.5. The SMILES string of the molecule is CCCCCCCOC[n+]1cc(C)c(CC)c(CC)c1. The summed E-state index contributed by atoms with van der Waals surface area (Å²) in [5, 5.41) is 0. The van der Waals surface area contributed by atoms with E-state index in [-0.39, 0.29) is 0 Å². The maximum absolute atomic E-state index is 5.79. The molecule has 0 aliphatic rings. The second-order valence-electron chi connectivity index (χ2n) is 5.62. The van der Waals surface area contributed by atoms with Gasteiger partial charge < -0.3 is 4.74 Å². The van der Waals surface area contributed by atoms with Gasteiger partial charge in [0.25, 0.3) is 6.73 Å². The molecule has 0 unspecified atom stereocenters. The van der Waals surface area contributed by atoms with Gasteiger partial charge in [-0.1, -0.05) is 46.5 Å². The molecule has 1 aromatic rings. The zero-order valence-electron chi connectivity index (χ0n) is 13.9. The number of hydrogen-bond donors (Lipinski definition) is 0. The quantitative estimate of drug-likeness (QED) is 0.458. The number of aromatic nitrogens is 1. The van der Waals surface area contributed by atoms with Gasteiger partial charge in [-0.15, -0.1) is 0 Å². The molecule has 1 aromatic heterocycles. The van der Waals surface area contributed by atoms with E-state index >= 15 is 0 Å². The van der Waals surface area contributed by atoms with Crippen molar-refractivity contribution in [2.24, 2.45) is 0 Å². The van der Waals surface area contributed by atoms with Crippen LogP contribution in [0.5, 0.6) is 0 Å². The van der Waals surface area contributed by atoms with Crippen LogP contribution in [0.25, 0.3) is 0 Å². The second-order valence-corrected chi connectivity index (χ2v) is 5.62. The maximum atomic E-state index is 5.79. The number of rotatable bonds is 10. The molecule has 2 nitrogen and oxygen atoms in total. The Labute approximate surface area is 125 Å². The van der Waals surface area contributed by atoms with E-state index < -0.39 is 0 Å². The van der Waals surface area contributed by atoms with Gasteiger partial charge in [0.1, 0.15) is 0 Å². The van der Waals surface area contributed by atoms with Crippen molar-refractivity contribution < 1.29 is 9.30 Å². The monoisotopic (exact) mass is 278 g/mol. The zero-order valence-corrected chi connectivity index (χ0v) is 13.9. The minimum absolute atomic E-state index is 0.686. The smallest absolute Gasteiger partial charge is 0.252 e. The molecule has 0 radical (unpaired) electrons. The van der Waals surface area contributed by atoms with Gasteiger partial charge in [0, 0.05) is 11.1 Å². The van der Waals surface area contributed by atoms with Crippen molar-refractivity contribution in [1.82, 2.24) is 0 Å². The minimum Gasteiger partial charge on any atom is -0.323 e. The number of hydrogen-bond acceptors (Lipinski definition) is 1. The third-order valence-corrected chi connectivity index (χ3v) is 3.91. The number of ether oxygens (including phenoxy) is 1. The molecule has 0 bridgehead atoms. The van der Waals surface area contributed by atoms with Crippen molar-refractivity contribution in [3.63, 3.8) is 0 Å². The van der Waals surface area contributed by atoms with Gasteiger partial charge in [-0.3, -0.25) is 0 Å². The molecule has 0 aromatic carbocycles. The lowest BCUT2D eigenvalue weighted by Crippen LogP contribution is -2.36. The minimum atomic E-state index is 0.686. The lowest BCUT2D eigenvalue weighted by atomic mass is 10.0. The predicted octanol–water partition coefficient (Wildman–Crippen LogP) is 4.35. The number of aryl methyl sites for hydroxylation is 2. The predicted molar refractivity (Wildman–Crippen MR) is 84.8 cm³/mol. The van der Waals surface area contributed by atoms with Gasteiger partial charge in [-0.25, -0.2) is 0 Å². The van der Waals surface area contributed by atoms with Crippen LogP contribution < -0.4 is 4.57 Å². The van der Waals surface area contributed by atoms with Crippen molar-refractivity contribution in [1.29, 1.82) is 0 Å². The highest BCUT2D eigenvalue weighted by Gasteiger charge is 2.10. The first-order chi connectivity index (χ1) is 9.72. The highest BCUT2D eigenvalue weighted by Crippen LogP contribution is 2.13. The lowest BCUT2D eigenvalue weighted by Gasteiger charge is -2.08. The lowest BCUT2D eigenvalue weighted by molar-refractivity contribution is -0.733. The fraction of sp³-hybridized carbons (Fsp3) is 0.722. The van der Waals surface area contributed by atoms with Crippen LogP contribution in [0.4, 0.5) is 0 Å². The Morgan fingerprint density at radius 3 is 2.35 bits per heavy atom. The summed E-state index contributed by atoms with van der Waals surface area (Å²) in [7, 11) is 0. The van der Waals surface area contributed by atoms with Gasteiger partial charge >= 0.3 is 0 Å². The average molecular weight is 278 g/mol. The molecule has 0 spiro atoms. The molecular weight excluding hydrogens is 246 g/mol. The van der Waals surface area contributed by atoms with E-state index in [1.54, 1.807) is 0 Å². The standard InChI is InChI=1S/C18H32NO/c1-5-8-9-10-11-12-20-15-19-13-16(4)18(7-3)17(6-2)14-19/h13-14H,5-12,15H2,1-4H3/q+1. The van der Waals surface area contributed by atoms with Crippen molar-refractivity contribution in [3.05, 3.63) is 29.1 Å². The fourth-order valence-electron chi connectivity index (χ4n) is 2.76. The summed E-state index contributed by atoms with van der Waals surface area (Å²) in [6, 6.07) is 0. The molecule has 0 saturated heterocycles. The van der Waals surface area contributed by atoms with Gasteiger partial charge in [-0.05, 0) is 31.7 Å². The highest BCUT2D eigenvalue weighted by molar-refractivity contribution is 5.28. The first-order valence-corrected chi connectivity index (χ1v) is 8.32. The van der Waals surface area contributed by atoms with Crippen LogP contribution >= 0.6 is 0 Å². The summed E-state index contributed by atoms with van der Waals surface area (Å²) in [6.45, 7) is 10.5. The summed E-state index contributed by atoms with van der Waals surface area (Å²) in [5.41, 5.74) is 4.35. The molecule has 1 heterocycles. The van der Waals surface area contributed by atoms with Gasteiger partial charge in [-0.2, -0.15) is 4.57 Å². The largest absolute Gasteiger partial charge is 0.323 e. The van der Waals surface area contributed by atoms with Crippen LogP contribution in [0.1, 0.15) is 69.6 Å². The van der Waals surface area contributed by atoms with Crippen molar-refractivity contribution in [2.75, 3.05) is 6.61 Å². The average Bonchev–Trinajstić information content (AvgIpc) is 2.45. The summed E-state index contributed by atoms with van der Waals surface area (Å²) >= 11 is 0. The molecule has 0 aliphatic carbocycles. The molecule has 1 rings (SSSR count). The first-order valence-electron chi connectivity index (χ1n) is 8.32. The molecule has 0 fully saturated rings. The molecule has 0 aliphatic heterocycles. The van der Waals surface area contributed by atoms with Gasteiger partial charge in [0.15, 0.2) is 12.4 Å². The van der Waals surface area contributed by atoms with Crippen LogP contribution in [-0.2, 0) is 24.3 Å². The van der Waals surface area contributed by atoms with Crippen molar-refractivity contribution >= 4 is 0 Å². The summed E-state index contributed by atoms with van der Waals surface area (Å²) in [6.07, 6.45) is 13.2. The third kappa shape index (κ3) is 5.62. The van der Waals surface area contributed by atoms with Crippen LogP contribution in [0, 0.1) is 6.92 Å². The Morgan fingerprint density at radius 1 is 0.950 bits per heavy atom. The molecule has 0 atom stereocenters. The van der Waals surface area contributed by atoms with E-state index in [1.165, 1.54) is 48.8 Å². The van der Waals surface area contributed by atoms with E-state index in [0.717, 1.165) is 19.4 Å². The summed E-state index contributed by atoms with van der Waals surface area (Å²) < 4.78 is 7.98. The zero-order chi connectivity index (χ0) is 14.8. The molecule has 0 amide bonds. The van der Waals surface area contributed by atoms with E-state index in [2.05, 4.69) is 44.7 Å². The Morgan fingerprint density at radius 2 is 1.70 bits per heavy atom. The van der Waals surface area contributed by atoms with Gasteiger partial charge in [0.2, 0.25) is 0 Å². The molecule has 2 heteroatoms. The van der Waals surface area contributed by atoms with E-state index in [1.807, 2.05) is 0 Å². The summed E-state index contributed by atoms with van der Waals surface area (Å²) in [4.78, 5) is 0. The number of unbranched alkanes of at least 4 members (excludes halogenated alkanes) is 4. The molecule has 0 saturated carbocycles. The maximum Gasteiger partial charge on any atom is 0.252 e.